The second-order valence-electron chi connectivity index (χ2n) is 7.67. The van der Waals surface area contributed by atoms with Crippen LogP contribution in [0.2, 0.25) is 15.1 Å². The van der Waals surface area contributed by atoms with Crippen molar-refractivity contribution in [3.63, 3.8) is 0 Å². The van der Waals surface area contributed by atoms with Crippen molar-refractivity contribution in [3.05, 3.63) is 92.2 Å². The molecule has 1 fully saturated rings. The average molecular weight is 565 g/mol. The van der Waals surface area contributed by atoms with Gasteiger partial charge in [-0.2, -0.15) is 0 Å². The number of benzene rings is 2. The van der Waals surface area contributed by atoms with E-state index in [1.54, 1.807) is 18.2 Å². The number of amides is 1. The first-order chi connectivity index (χ1) is 16.0. The van der Waals surface area contributed by atoms with Gasteiger partial charge in [0.15, 0.2) is 5.78 Å². The summed E-state index contributed by atoms with van der Waals surface area (Å²) in [7, 11) is 0. The van der Waals surface area contributed by atoms with Gasteiger partial charge < -0.3 is 5.32 Å². The lowest BCUT2D eigenvalue weighted by molar-refractivity contribution is -0.117. The number of hydrogen-bond acceptors (Lipinski definition) is 3. The van der Waals surface area contributed by atoms with Gasteiger partial charge in [-0.1, -0.05) is 40.9 Å². The number of alkyl halides is 2. The molecule has 1 amide bonds. The first kappa shape index (κ1) is 25.1. The van der Waals surface area contributed by atoms with E-state index in [2.05, 4.69) is 10.3 Å². The Kier molecular flexibility index (Phi) is 7.09. The van der Waals surface area contributed by atoms with Crippen LogP contribution in [0.5, 0.6) is 0 Å². The molecule has 34 heavy (non-hydrogen) atoms. The van der Waals surface area contributed by atoms with E-state index in [4.69, 9.17) is 58.0 Å². The van der Waals surface area contributed by atoms with E-state index in [0.717, 1.165) is 6.20 Å². The molecule has 11 heteroatoms. The molecule has 4 rings (SSSR count). The fourth-order valence-corrected chi connectivity index (χ4v) is 4.99. The first-order valence-electron chi connectivity index (χ1n) is 9.75. The Hall–Kier alpha value is -1.96. The lowest BCUT2D eigenvalue weighted by Gasteiger charge is -2.09. The molecule has 1 saturated carbocycles. The Labute approximate surface area is 218 Å². The minimum Gasteiger partial charge on any atom is -0.326 e. The van der Waals surface area contributed by atoms with Gasteiger partial charge in [-0.15, -0.1) is 23.2 Å². The van der Waals surface area contributed by atoms with Gasteiger partial charge in [-0.25, -0.2) is 8.78 Å². The molecule has 1 aliphatic carbocycles. The number of anilines is 1. The molecule has 2 aromatic carbocycles. The molecule has 1 N–H and O–H groups in total. The predicted octanol–water partition coefficient (Wildman–Crippen LogP) is 7.27. The van der Waals surface area contributed by atoms with Crippen LogP contribution in [-0.2, 0) is 11.2 Å². The van der Waals surface area contributed by atoms with Crippen LogP contribution in [0, 0.1) is 17.6 Å². The number of ketones is 1. The van der Waals surface area contributed by atoms with Gasteiger partial charge in [0.05, 0.1) is 39.3 Å². The molecule has 0 saturated heterocycles. The van der Waals surface area contributed by atoms with Gasteiger partial charge in [0.1, 0.15) is 16.0 Å². The summed E-state index contributed by atoms with van der Waals surface area (Å²) >= 11 is 30.9. The van der Waals surface area contributed by atoms with Crippen LogP contribution >= 0.6 is 58.0 Å². The van der Waals surface area contributed by atoms with Crippen LogP contribution in [0.25, 0.3) is 0 Å². The largest absolute Gasteiger partial charge is 0.326 e. The minimum absolute atomic E-state index is 0.0323. The molecule has 0 bridgehead atoms. The molecular weight excluding hydrogens is 552 g/mol. The Morgan fingerprint density at radius 1 is 0.971 bits per heavy atom. The van der Waals surface area contributed by atoms with Crippen molar-refractivity contribution in [2.24, 2.45) is 5.92 Å². The highest BCUT2D eigenvalue weighted by atomic mass is 35.5. The van der Waals surface area contributed by atoms with Crippen molar-refractivity contribution in [2.45, 2.75) is 16.7 Å². The number of nitrogens with zero attached hydrogens (tertiary/aromatic N) is 1. The van der Waals surface area contributed by atoms with E-state index in [1.165, 1.54) is 18.2 Å². The summed E-state index contributed by atoms with van der Waals surface area (Å²) < 4.78 is 25.6. The van der Waals surface area contributed by atoms with Crippen LogP contribution in [0.15, 0.2) is 48.7 Å². The van der Waals surface area contributed by atoms with Gasteiger partial charge in [0.2, 0.25) is 5.91 Å². The van der Waals surface area contributed by atoms with Gasteiger partial charge in [-0.05, 0) is 35.9 Å². The normalized spacial score (nSPS) is 18.4. The van der Waals surface area contributed by atoms with Crippen LogP contribution < -0.4 is 5.32 Å². The number of carbonyl (C=O) groups excluding carboxylic acids is 2. The number of Topliss-reactive ketones (excluding diaryl/α,β-unsaturated/α-hetero) is 1. The zero-order chi connectivity index (χ0) is 24.8. The van der Waals surface area contributed by atoms with E-state index in [1.807, 2.05) is 0 Å². The van der Waals surface area contributed by atoms with Gasteiger partial charge in [-0.3, -0.25) is 14.6 Å². The Morgan fingerprint density at radius 2 is 1.68 bits per heavy atom. The molecule has 0 aliphatic heterocycles. The first-order valence-corrected chi connectivity index (χ1v) is 11.6. The average Bonchev–Trinajstić information content (AvgIpc) is 3.35. The minimum atomic E-state index is -1.36. The molecule has 0 unspecified atom stereocenters. The van der Waals surface area contributed by atoms with Crippen molar-refractivity contribution in [1.82, 2.24) is 4.98 Å². The molecule has 0 spiro atoms. The molecule has 1 aliphatic rings. The summed E-state index contributed by atoms with van der Waals surface area (Å²) in [6, 6.07) is 9.77. The Morgan fingerprint density at radius 3 is 2.35 bits per heavy atom. The zero-order valence-corrected chi connectivity index (χ0v) is 20.7. The van der Waals surface area contributed by atoms with Crippen LogP contribution in [-0.4, -0.2) is 21.0 Å². The van der Waals surface area contributed by atoms with E-state index in [0.29, 0.717) is 21.7 Å². The second-order valence-corrected chi connectivity index (χ2v) is 10.3. The number of nitrogens with one attached hydrogen (secondary N) is 1. The number of rotatable bonds is 6. The molecule has 3 aromatic rings. The highest BCUT2D eigenvalue weighted by Crippen LogP contribution is 2.65. The summed E-state index contributed by atoms with van der Waals surface area (Å²) in [6.07, 6.45) is 0.367. The van der Waals surface area contributed by atoms with Gasteiger partial charge in [0, 0.05) is 23.2 Å². The summed E-state index contributed by atoms with van der Waals surface area (Å²) in [4.78, 5) is 29.2. The molecular formula is C23H13Cl5F2N2O2. The number of pyridine rings is 1. The predicted molar refractivity (Wildman–Crippen MR) is 129 cm³/mol. The lowest BCUT2D eigenvalue weighted by Crippen LogP contribution is -2.17. The third kappa shape index (κ3) is 5.02. The third-order valence-corrected chi connectivity index (χ3v) is 7.39. The smallest absolute Gasteiger partial charge is 0.231 e. The quantitative estimate of drug-likeness (QED) is 0.253. The van der Waals surface area contributed by atoms with Crippen LogP contribution in [0.3, 0.4) is 0 Å². The second kappa shape index (κ2) is 9.59. The van der Waals surface area contributed by atoms with Gasteiger partial charge in [0.25, 0.3) is 0 Å². The maximum atomic E-state index is 13.9. The number of hydrogen-bond donors (Lipinski definition) is 1. The molecule has 0 radical (unpaired) electrons. The van der Waals surface area contributed by atoms with Crippen molar-refractivity contribution in [3.8, 4) is 0 Å². The summed E-state index contributed by atoms with van der Waals surface area (Å²) in [5.74, 6) is -4.16. The lowest BCUT2D eigenvalue weighted by atomic mass is 10.0. The van der Waals surface area contributed by atoms with Crippen molar-refractivity contribution >= 4 is 75.4 Å². The molecule has 2 atom stereocenters. The van der Waals surface area contributed by atoms with E-state index in [9.17, 15) is 18.4 Å². The summed E-state index contributed by atoms with van der Waals surface area (Å²) in [6.45, 7) is 0. The standard InChI is InChI=1S/C23H13Cl5F2N2O2/c24-14-4-2-12(7-13(14)19(33)8-18-17(30)6-11(29)9-31-18)32-22(34)21-20(23(21,27)28)10-1-3-15(25)16(26)5-10/h1-7,9,20-21H,8H2,(H,32,34)/t20-,21+/m0/s1. The van der Waals surface area contributed by atoms with E-state index >= 15 is 0 Å². The fraction of sp³-hybridized carbons (Fsp3) is 0.174. The van der Waals surface area contributed by atoms with Crippen LogP contribution in [0.1, 0.15) is 27.5 Å². The number of aromatic nitrogens is 1. The molecule has 176 valence electrons. The van der Waals surface area contributed by atoms with Crippen molar-refractivity contribution in [2.75, 3.05) is 5.32 Å². The highest BCUT2D eigenvalue weighted by molar-refractivity contribution is 6.53. The van der Waals surface area contributed by atoms with Crippen LogP contribution in [0.4, 0.5) is 14.5 Å². The summed E-state index contributed by atoms with van der Waals surface area (Å²) in [5.41, 5.74) is 0.716. The number of carbonyl (C=O) groups is 2. The maximum absolute atomic E-state index is 13.9. The van der Waals surface area contributed by atoms with Crippen molar-refractivity contribution in [1.29, 1.82) is 0 Å². The molecule has 4 nitrogen and oxygen atoms in total. The Bertz CT molecular complexity index is 1320. The molecule has 1 aromatic heterocycles. The monoisotopic (exact) mass is 562 g/mol. The van der Waals surface area contributed by atoms with E-state index < -0.39 is 45.9 Å². The maximum Gasteiger partial charge on any atom is 0.231 e. The third-order valence-electron chi connectivity index (χ3n) is 5.39. The zero-order valence-electron chi connectivity index (χ0n) is 16.9. The fourth-order valence-electron chi connectivity index (χ4n) is 3.63. The van der Waals surface area contributed by atoms with Gasteiger partial charge >= 0.3 is 0 Å². The van der Waals surface area contributed by atoms with E-state index in [-0.39, 0.29) is 22.0 Å². The Balaban J connectivity index is 1.51. The molecule has 1 heterocycles. The van der Waals surface area contributed by atoms with Crippen molar-refractivity contribution < 1.29 is 18.4 Å². The topological polar surface area (TPSA) is 59.1 Å². The SMILES string of the molecule is O=C(Cc1ncc(F)cc1F)c1cc(NC(=O)[C@H]2[C@H](c3ccc(Cl)c(Cl)c3)C2(Cl)Cl)ccc1Cl. The number of halogens is 7. The highest BCUT2D eigenvalue weighted by Gasteiger charge is 2.67. The summed E-state index contributed by atoms with van der Waals surface area (Å²) in [5, 5.41) is 3.43.